The maximum absolute atomic E-state index is 10.5. The monoisotopic (exact) mass is 199 g/mol. The molecule has 0 saturated carbocycles. The van der Waals surface area contributed by atoms with Crippen LogP contribution in [0.1, 0.15) is 39.8 Å². The third kappa shape index (κ3) is 1.76. The van der Waals surface area contributed by atoms with Gasteiger partial charge in [-0.3, -0.25) is 0 Å². The second kappa shape index (κ2) is 3.39. The first-order valence-corrected chi connectivity index (χ1v) is 5.38. The van der Waals surface area contributed by atoms with E-state index in [1.807, 2.05) is 39.1 Å². The number of hydrogen-bond donors (Lipinski definition) is 1. The Hall–Kier alpha value is -0.410. The molecule has 0 aliphatic rings. The number of aromatic nitrogens is 1. The van der Waals surface area contributed by atoms with Crippen LogP contribution in [0.25, 0.3) is 0 Å². The van der Waals surface area contributed by atoms with Crippen LogP contribution in [0.5, 0.6) is 0 Å². The molecule has 1 N–H and O–H groups in total. The molecule has 0 aliphatic heterocycles. The van der Waals surface area contributed by atoms with Crippen LogP contribution in [-0.2, 0) is 5.60 Å². The van der Waals surface area contributed by atoms with Gasteiger partial charge in [0.2, 0.25) is 0 Å². The van der Waals surface area contributed by atoms with E-state index in [2.05, 4.69) is 4.37 Å². The number of hydrogen-bond acceptors (Lipinski definition) is 3. The molecule has 0 spiro atoms. The van der Waals surface area contributed by atoms with Crippen LogP contribution in [0.15, 0.2) is 11.4 Å². The molecule has 2 nitrogen and oxygen atoms in total. The van der Waals surface area contributed by atoms with E-state index in [9.17, 15) is 5.11 Å². The van der Waals surface area contributed by atoms with Gasteiger partial charge in [0.1, 0.15) is 5.60 Å². The molecule has 1 atom stereocenters. The summed E-state index contributed by atoms with van der Waals surface area (Å²) >= 11 is 1.39. The maximum atomic E-state index is 10.5. The SMILES string of the molecule is CCC(O)(c1ccsn1)C(C)(C)C. The predicted molar refractivity (Wildman–Crippen MR) is 55.8 cm³/mol. The molecule has 0 amide bonds. The zero-order valence-corrected chi connectivity index (χ0v) is 9.48. The molecule has 0 bridgehead atoms. The van der Waals surface area contributed by atoms with E-state index in [4.69, 9.17) is 0 Å². The molecule has 1 rings (SSSR count). The van der Waals surface area contributed by atoms with Gasteiger partial charge in [-0.25, -0.2) is 0 Å². The minimum absolute atomic E-state index is 0.171. The Balaban J connectivity index is 3.09. The van der Waals surface area contributed by atoms with Crippen LogP contribution in [-0.4, -0.2) is 9.48 Å². The van der Waals surface area contributed by atoms with Crippen LogP contribution in [0.4, 0.5) is 0 Å². The molecular weight excluding hydrogens is 182 g/mol. The lowest BCUT2D eigenvalue weighted by atomic mass is 9.73. The fraction of sp³-hybridized carbons (Fsp3) is 0.700. The van der Waals surface area contributed by atoms with Gasteiger partial charge in [0.25, 0.3) is 0 Å². The molecule has 3 heteroatoms. The van der Waals surface area contributed by atoms with Gasteiger partial charge in [-0.2, -0.15) is 4.37 Å². The first-order chi connectivity index (χ1) is 5.92. The number of nitrogens with zero attached hydrogens (tertiary/aromatic N) is 1. The molecule has 0 saturated heterocycles. The van der Waals surface area contributed by atoms with Crippen molar-refractivity contribution >= 4 is 11.5 Å². The van der Waals surface area contributed by atoms with Gasteiger partial charge in [0.05, 0.1) is 5.69 Å². The smallest absolute Gasteiger partial charge is 0.112 e. The second-order valence-electron chi connectivity index (χ2n) is 4.35. The fourth-order valence-corrected chi connectivity index (χ4v) is 2.10. The van der Waals surface area contributed by atoms with Crippen molar-refractivity contribution in [2.24, 2.45) is 5.41 Å². The van der Waals surface area contributed by atoms with Gasteiger partial charge in [-0.1, -0.05) is 27.7 Å². The summed E-state index contributed by atoms with van der Waals surface area (Å²) in [6.07, 6.45) is 0.695. The lowest BCUT2D eigenvalue weighted by Gasteiger charge is -2.38. The van der Waals surface area contributed by atoms with Crippen molar-refractivity contribution in [1.29, 1.82) is 0 Å². The van der Waals surface area contributed by atoms with Gasteiger partial charge in [0.15, 0.2) is 0 Å². The minimum atomic E-state index is -0.799. The largest absolute Gasteiger partial charge is 0.383 e. The fourth-order valence-electron chi connectivity index (χ4n) is 1.52. The van der Waals surface area contributed by atoms with E-state index in [-0.39, 0.29) is 5.41 Å². The normalized spacial score (nSPS) is 17.0. The molecule has 1 unspecified atom stereocenters. The predicted octanol–water partition coefficient (Wildman–Crippen LogP) is 2.79. The molecular formula is C10H17NOS. The van der Waals surface area contributed by atoms with Crippen molar-refractivity contribution in [2.45, 2.75) is 39.7 Å². The topological polar surface area (TPSA) is 33.1 Å². The van der Waals surface area contributed by atoms with Gasteiger partial charge < -0.3 is 5.11 Å². The highest BCUT2D eigenvalue weighted by Crippen LogP contribution is 2.41. The van der Waals surface area contributed by atoms with Crippen LogP contribution in [0.3, 0.4) is 0 Å². The average Bonchev–Trinajstić information content (AvgIpc) is 2.52. The zero-order chi connectivity index (χ0) is 10.1. The summed E-state index contributed by atoms with van der Waals surface area (Å²) in [7, 11) is 0. The van der Waals surface area contributed by atoms with Crippen LogP contribution < -0.4 is 0 Å². The van der Waals surface area contributed by atoms with Crippen molar-refractivity contribution in [2.75, 3.05) is 0 Å². The van der Waals surface area contributed by atoms with Crippen LogP contribution in [0.2, 0.25) is 0 Å². The Morgan fingerprint density at radius 1 is 1.46 bits per heavy atom. The Kier molecular flexibility index (Phi) is 2.78. The Morgan fingerprint density at radius 2 is 2.08 bits per heavy atom. The first-order valence-electron chi connectivity index (χ1n) is 4.55. The van der Waals surface area contributed by atoms with E-state index < -0.39 is 5.60 Å². The average molecular weight is 199 g/mol. The Labute approximate surface area is 83.8 Å². The van der Waals surface area contributed by atoms with Gasteiger partial charge in [0, 0.05) is 5.38 Å². The molecule has 0 radical (unpaired) electrons. The number of aliphatic hydroxyl groups is 1. The highest BCUT2D eigenvalue weighted by atomic mass is 32.1. The molecule has 1 aromatic heterocycles. The van der Waals surface area contributed by atoms with Crippen molar-refractivity contribution in [3.05, 3.63) is 17.1 Å². The number of rotatable bonds is 2. The first kappa shape index (κ1) is 10.7. The minimum Gasteiger partial charge on any atom is -0.383 e. The highest BCUT2D eigenvalue weighted by molar-refractivity contribution is 7.03. The third-order valence-corrected chi connectivity index (χ3v) is 3.17. The van der Waals surface area contributed by atoms with E-state index in [1.54, 1.807) is 0 Å². The zero-order valence-electron chi connectivity index (χ0n) is 8.66. The van der Waals surface area contributed by atoms with Gasteiger partial charge in [-0.15, -0.1) is 0 Å². The lowest BCUT2D eigenvalue weighted by molar-refractivity contribution is -0.0702. The summed E-state index contributed by atoms with van der Waals surface area (Å²) in [5.41, 5.74) is -0.171. The summed E-state index contributed by atoms with van der Waals surface area (Å²) in [5.74, 6) is 0. The Bertz CT molecular complexity index is 263. The molecule has 0 aliphatic carbocycles. The summed E-state index contributed by atoms with van der Waals surface area (Å²) in [4.78, 5) is 0. The molecule has 74 valence electrons. The summed E-state index contributed by atoms with van der Waals surface area (Å²) in [6, 6.07) is 1.90. The third-order valence-electron chi connectivity index (χ3n) is 2.61. The van der Waals surface area contributed by atoms with E-state index in [0.29, 0.717) is 6.42 Å². The standard InChI is InChI=1S/C10H17NOS/c1-5-10(12,9(2,3)4)8-6-7-13-11-8/h6-7,12H,5H2,1-4H3. The summed E-state index contributed by atoms with van der Waals surface area (Å²) in [6.45, 7) is 8.10. The van der Waals surface area contributed by atoms with Crippen molar-refractivity contribution < 1.29 is 5.11 Å². The van der Waals surface area contributed by atoms with Crippen LogP contribution >= 0.6 is 11.5 Å². The molecule has 0 fully saturated rings. The second-order valence-corrected chi connectivity index (χ2v) is 5.01. The summed E-state index contributed by atoms with van der Waals surface area (Å²) < 4.78 is 4.22. The van der Waals surface area contributed by atoms with Crippen molar-refractivity contribution in [1.82, 2.24) is 4.37 Å². The highest BCUT2D eigenvalue weighted by Gasteiger charge is 2.41. The quantitative estimate of drug-likeness (QED) is 0.794. The van der Waals surface area contributed by atoms with E-state index in [1.165, 1.54) is 11.5 Å². The van der Waals surface area contributed by atoms with Crippen molar-refractivity contribution in [3.8, 4) is 0 Å². The summed E-state index contributed by atoms with van der Waals surface area (Å²) in [5, 5.41) is 12.4. The van der Waals surface area contributed by atoms with Crippen molar-refractivity contribution in [3.63, 3.8) is 0 Å². The molecule has 1 aromatic rings. The maximum Gasteiger partial charge on any atom is 0.112 e. The van der Waals surface area contributed by atoms with Gasteiger partial charge in [-0.05, 0) is 29.4 Å². The molecule has 1 heterocycles. The molecule has 0 aromatic carbocycles. The van der Waals surface area contributed by atoms with Gasteiger partial charge >= 0.3 is 0 Å². The lowest BCUT2D eigenvalue weighted by Crippen LogP contribution is -2.39. The van der Waals surface area contributed by atoms with E-state index >= 15 is 0 Å². The Morgan fingerprint density at radius 3 is 2.38 bits per heavy atom. The molecule has 13 heavy (non-hydrogen) atoms. The van der Waals surface area contributed by atoms with Crippen LogP contribution in [0, 0.1) is 5.41 Å². The van der Waals surface area contributed by atoms with E-state index in [0.717, 1.165) is 5.69 Å².